The molecule has 1 aromatic rings. The summed E-state index contributed by atoms with van der Waals surface area (Å²) in [5.41, 5.74) is 1.21. The lowest BCUT2D eigenvalue weighted by Crippen LogP contribution is -2.25. The third-order valence-corrected chi connectivity index (χ3v) is 3.30. The topological polar surface area (TPSA) is 29.1 Å². The first-order valence-corrected chi connectivity index (χ1v) is 6.28. The Balaban J connectivity index is 2.31. The summed E-state index contributed by atoms with van der Waals surface area (Å²) in [5, 5.41) is 2.84. The van der Waals surface area contributed by atoms with Crippen molar-refractivity contribution in [2.24, 2.45) is 0 Å². The number of aryl methyl sites for hydroxylation is 1. The average molecular weight is 235 g/mol. The molecule has 0 spiro atoms. The Bertz CT molecular complexity index is 363. The van der Waals surface area contributed by atoms with E-state index in [-0.39, 0.29) is 5.91 Å². The van der Waals surface area contributed by atoms with Gasteiger partial charge in [0.25, 0.3) is 0 Å². The number of rotatable bonds is 6. The molecule has 0 fully saturated rings. The van der Waals surface area contributed by atoms with E-state index in [1.165, 1.54) is 10.5 Å². The van der Waals surface area contributed by atoms with Gasteiger partial charge in [-0.1, -0.05) is 24.3 Å². The molecule has 1 aromatic carbocycles. The lowest BCUT2D eigenvalue weighted by atomic mass is 10.2. The molecular weight excluding hydrogens is 218 g/mol. The van der Waals surface area contributed by atoms with Crippen LogP contribution in [0.15, 0.2) is 41.8 Å². The molecule has 3 heteroatoms. The second-order valence-electron chi connectivity index (χ2n) is 3.48. The van der Waals surface area contributed by atoms with E-state index < -0.39 is 0 Å². The van der Waals surface area contributed by atoms with Gasteiger partial charge in [0.05, 0.1) is 5.75 Å². The number of carbonyl (C=O) groups excluding carboxylic acids is 1. The third-order valence-electron chi connectivity index (χ3n) is 2.12. The van der Waals surface area contributed by atoms with E-state index in [4.69, 9.17) is 0 Å². The standard InChI is InChI=1S/C13H17NOS/c1-3-4-9-14-13(15)10-16-12-8-6-5-7-11(12)2/h3,5-8H,1,4,9-10H2,2H3,(H,14,15). The molecule has 0 aliphatic rings. The normalized spacial score (nSPS) is 9.81. The Morgan fingerprint density at radius 2 is 2.25 bits per heavy atom. The van der Waals surface area contributed by atoms with Gasteiger partial charge < -0.3 is 5.32 Å². The molecule has 86 valence electrons. The number of carbonyl (C=O) groups is 1. The summed E-state index contributed by atoms with van der Waals surface area (Å²) in [5.74, 6) is 0.553. The minimum Gasteiger partial charge on any atom is -0.355 e. The Morgan fingerprint density at radius 3 is 2.94 bits per heavy atom. The van der Waals surface area contributed by atoms with Crippen LogP contribution in [0.4, 0.5) is 0 Å². The van der Waals surface area contributed by atoms with Crippen LogP contribution < -0.4 is 5.32 Å². The van der Waals surface area contributed by atoms with Crippen molar-refractivity contribution >= 4 is 17.7 Å². The Hall–Kier alpha value is -1.22. The summed E-state index contributed by atoms with van der Waals surface area (Å²) in [4.78, 5) is 12.6. The van der Waals surface area contributed by atoms with Gasteiger partial charge in [0.15, 0.2) is 0 Å². The lowest BCUT2D eigenvalue weighted by Gasteiger charge is -2.05. The summed E-state index contributed by atoms with van der Waals surface area (Å²) < 4.78 is 0. The van der Waals surface area contributed by atoms with Crippen LogP contribution in [0.3, 0.4) is 0 Å². The fraction of sp³-hybridized carbons (Fsp3) is 0.308. The number of hydrogen-bond donors (Lipinski definition) is 1. The number of thioether (sulfide) groups is 1. The lowest BCUT2D eigenvalue weighted by molar-refractivity contribution is -0.118. The summed E-state index contributed by atoms with van der Waals surface area (Å²) in [6.45, 7) is 6.34. The summed E-state index contributed by atoms with van der Waals surface area (Å²) in [7, 11) is 0. The number of hydrogen-bond acceptors (Lipinski definition) is 2. The highest BCUT2D eigenvalue weighted by atomic mass is 32.2. The van der Waals surface area contributed by atoms with Crippen LogP contribution in [0, 0.1) is 6.92 Å². The second-order valence-corrected chi connectivity index (χ2v) is 4.50. The van der Waals surface area contributed by atoms with Crippen LogP contribution in [-0.4, -0.2) is 18.2 Å². The minimum atomic E-state index is 0.0788. The molecule has 0 aliphatic heterocycles. The second kappa shape index (κ2) is 7.12. The number of amides is 1. The molecule has 0 saturated heterocycles. The molecule has 1 N–H and O–H groups in total. The molecule has 0 heterocycles. The molecule has 2 nitrogen and oxygen atoms in total. The molecule has 0 saturated carbocycles. The van der Waals surface area contributed by atoms with Crippen LogP contribution in [0.5, 0.6) is 0 Å². The van der Waals surface area contributed by atoms with Crippen molar-refractivity contribution in [3.05, 3.63) is 42.5 Å². The highest BCUT2D eigenvalue weighted by Gasteiger charge is 2.03. The van der Waals surface area contributed by atoms with E-state index in [1.807, 2.05) is 18.2 Å². The van der Waals surface area contributed by atoms with Crippen LogP contribution in [0.2, 0.25) is 0 Å². The van der Waals surface area contributed by atoms with Gasteiger partial charge in [0.1, 0.15) is 0 Å². The maximum Gasteiger partial charge on any atom is 0.230 e. The predicted molar refractivity (Wildman–Crippen MR) is 69.7 cm³/mol. The summed E-state index contributed by atoms with van der Waals surface area (Å²) in [6, 6.07) is 8.09. The zero-order chi connectivity index (χ0) is 11.8. The van der Waals surface area contributed by atoms with Gasteiger partial charge in [0.2, 0.25) is 5.91 Å². The van der Waals surface area contributed by atoms with Crippen LogP contribution in [0.25, 0.3) is 0 Å². The van der Waals surface area contributed by atoms with Crippen molar-refractivity contribution in [1.82, 2.24) is 5.32 Å². The summed E-state index contributed by atoms with van der Waals surface area (Å²) in [6.07, 6.45) is 2.62. The smallest absolute Gasteiger partial charge is 0.230 e. The summed E-state index contributed by atoms with van der Waals surface area (Å²) >= 11 is 1.58. The Kier molecular flexibility index (Phi) is 5.72. The van der Waals surface area contributed by atoms with E-state index in [1.54, 1.807) is 17.8 Å². The number of benzene rings is 1. The van der Waals surface area contributed by atoms with Crippen LogP contribution in [-0.2, 0) is 4.79 Å². The van der Waals surface area contributed by atoms with Gasteiger partial charge in [-0.15, -0.1) is 18.3 Å². The van der Waals surface area contributed by atoms with Crippen molar-refractivity contribution in [3.63, 3.8) is 0 Å². The molecule has 1 amide bonds. The van der Waals surface area contributed by atoms with Crippen molar-refractivity contribution in [2.45, 2.75) is 18.2 Å². The maximum absolute atomic E-state index is 11.4. The zero-order valence-corrected chi connectivity index (χ0v) is 10.3. The highest BCUT2D eigenvalue weighted by Crippen LogP contribution is 2.21. The molecule has 0 bridgehead atoms. The van der Waals surface area contributed by atoms with E-state index in [0.717, 1.165) is 6.42 Å². The molecule has 1 rings (SSSR count). The molecule has 0 radical (unpaired) electrons. The van der Waals surface area contributed by atoms with Crippen molar-refractivity contribution in [3.8, 4) is 0 Å². The average Bonchev–Trinajstić information content (AvgIpc) is 2.28. The van der Waals surface area contributed by atoms with Crippen LogP contribution >= 0.6 is 11.8 Å². The molecular formula is C13H17NOS. The first-order valence-electron chi connectivity index (χ1n) is 5.30. The Labute approximate surface area is 101 Å². The van der Waals surface area contributed by atoms with E-state index in [2.05, 4.69) is 24.9 Å². The van der Waals surface area contributed by atoms with Crippen LogP contribution in [0.1, 0.15) is 12.0 Å². The molecule has 0 unspecified atom stereocenters. The van der Waals surface area contributed by atoms with Crippen molar-refractivity contribution in [1.29, 1.82) is 0 Å². The van der Waals surface area contributed by atoms with Gasteiger partial charge in [-0.05, 0) is 25.0 Å². The molecule has 0 aliphatic carbocycles. The predicted octanol–water partition coefficient (Wildman–Crippen LogP) is 2.78. The van der Waals surface area contributed by atoms with Gasteiger partial charge in [-0.2, -0.15) is 0 Å². The largest absolute Gasteiger partial charge is 0.355 e. The fourth-order valence-electron chi connectivity index (χ4n) is 1.23. The molecule has 0 aromatic heterocycles. The number of nitrogens with one attached hydrogen (secondary N) is 1. The monoisotopic (exact) mass is 235 g/mol. The van der Waals surface area contributed by atoms with E-state index in [9.17, 15) is 4.79 Å². The van der Waals surface area contributed by atoms with Crippen molar-refractivity contribution < 1.29 is 4.79 Å². The maximum atomic E-state index is 11.4. The SMILES string of the molecule is C=CCCNC(=O)CSc1ccccc1C. The minimum absolute atomic E-state index is 0.0788. The first-order chi connectivity index (χ1) is 7.74. The van der Waals surface area contributed by atoms with Crippen molar-refractivity contribution in [2.75, 3.05) is 12.3 Å². The van der Waals surface area contributed by atoms with E-state index >= 15 is 0 Å². The first kappa shape index (κ1) is 12.8. The van der Waals surface area contributed by atoms with Gasteiger partial charge >= 0.3 is 0 Å². The molecule has 16 heavy (non-hydrogen) atoms. The molecule has 0 atom stereocenters. The van der Waals surface area contributed by atoms with Gasteiger partial charge in [0, 0.05) is 11.4 Å². The third kappa shape index (κ3) is 4.53. The van der Waals surface area contributed by atoms with Gasteiger partial charge in [-0.25, -0.2) is 0 Å². The quantitative estimate of drug-likeness (QED) is 0.467. The highest BCUT2D eigenvalue weighted by molar-refractivity contribution is 8.00. The fourth-order valence-corrected chi connectivity index (χ4v) is 2.09. The van der Waals surface area contributed by atoms with Gasteiger partial charge in [-0.3, -0.25) is 4.79 Å². The van der Waals surface area contributed by atoms with E-state index in [0.29, 0.717) is 12.3 Å². The zero-order valence-electron chi connectivity index (χ0n) is 9.53. The Morgan fingerprint density at radius 1 is 1.50 bits per heavy atom.